The van der Waals surface area contributed by atoms with Crippen molar-refractivity contribution < 1.29 is 33.9 Å². The van der Waals surface area contributed by atoms with Crippen molar-refractivity contribution >= 4 is 0 Å². The van der Waals surface area contributed by atoms with Crippen LogP contribution in [-0.4, -0.2) is 22.9 Å². The second-order valence-electron chi connectivity index (χ2n) is 8.75. The molecule has 0 unspecified atom stereocenters. The fraction of sp³-hybridized carbons (Fsp3) is 0.926. The van der Waals surface area contributed by atoms with Crippen LogP contribution in [0.15, 0.2) is 0 Å². The van der Waals surface area contributed by atoms with E-state index in [2.05, 4.69) is 13.8 Å². The number of unbranched alkanes of at least 4 members (excludes halogenated alkanes) is 12. The molecule has 0 amide bonds. The fourth-order valence-electron chi connectivity index (χ4n) is 2.61. The van der Waals surface area contributed by atoms with Crippen LogP contribution in [-0.2, 0) is 23.7 Å². The van der Waals surface area contributed by atoms with Gasteiger partial charge in [-0.25, -0.2) is 0 Å². The fourth-order valence-corrected chi connectivity index (χ4v) is 2.61. The van der Waals surface area contributed by atoms with Crippen molar-refractivity contribution in [2.24, 2.45) is 5.92 Å². The second kappa shape index (κ2) is 48.0. The third-order valence-corrected chi connectivity index (χ3v) is 3.94. The summed E-state index contributed by atoms with van der Waals surface area (Å²) in [5, 5.41) is 16.7. The molecule has 0 aliphatic heterocycles. The Hall–Kier alpha value is 0.434. The Balaban J connectivity index is -0.000000155. The van der Waals surface area contributed by atoms with E-state index in [9.17, 15) is 0 Å². The van der Waals surface area contributed by atoms with Gasteiger partial charge >= 0.3 is 23.7 Å². The minimum absolute atomic E-state index is 0.167. The SMILES string of the molecule is CC(C)CCCCCCCCCCCCCCCO.CC(C)O.C[CH-]C.C[CH-]C.[O]=[Ti+2]. The van der Waals surface area contributed by atoms with Crippen molar-refractivity contribution in [2.75, 3.05) is 6.61 Å². The molecule has 0 aliphatic carbocycles. The van der Waals surface area contributed by atoms with Gasteiger partial charge in [0.1, 0.15) is 0 Å². The van der Waals surface area contributed by atoms with E-state index in [0.717, 1.165) is 32.7 Å². The average molecular weight is 481 g/mol. The average Bonchev–Trinajstić information content (AvgIpc) is 2.70. The van der Waals surface area contributed by atoms with Crippen LogP contribution in [0.5, 0.6) is 0 Å². The summed E-state index contributed by atoms with van der Waals surface area (Å²) >= 11 is 0.750. The summed E-state index contributed by atoms with van der Waals surface area (Å²) in [5.41, 5.74) is 0. The molecule has 4 heteroatoms. The van der Waals surface area contributed by atoms with Gasteiger partial charge in [-0.15, -0.1) is 0 Å². The summed E-state index contributed by atoms with van der Waals surface area (Å²) in [7, 11) is 0. The molecule has 31 heavy (non-hydrogen) atoms. The van der Waals surface area contributed by atoms with E-state index in [-0.39, 0.29) is 6.10 Å². The van der Waals surface area contributed by atoms with E-state index in [1.165, 1.54) is 83.5 Å². The Labute approximate surface area is 210 Å². The molecule has 0 bridgehead atoms. The van der Waals surface area contributed by atoms with Crippen LogP contribution in [0.25, 0.3) is 0 Å². The van der Waals surface area contributed by atoms with Gasteiger partial charge in [0.15, 0.2) is 0 Å². The summed E-state index contributed by atoms with van der Waals surface area (Å²) in [6.07, 6.45) is 23.1. The van der Waals surface area contributed by atoms with Crippen LogP contribution < -0.4 is 0 Å². The molecule has 0 aromatic heterocycles. The van der Waals surface area contributed by atoms with E-state index < -0.39 is 0 Å². The number of hydrogen-bond acceptors (Lipinski definition) is 3. The maximum atomic E-state index is 8.67. The van der Waals surface area contributed by atoms with Crippen LogP contribution >= 0.6 is 0 Å². The molecule has 0 atom stereocenters. The molecule has 0 radical (unpaired) electrons. The molecule has 0 saturated carbocycles. The van der Waals surface area contributed by atoms with Crippen LogP contribution in [0.1, 0.15) is 145 Å². The predicted molar refractivity (Wildman–Crippen MR) is 136 cm³/mol. The van der Waals surface area contributed by atoms with Gasteiger partial charge in [-0.05, 0) is 26.2 Å². The Morgan fingerprint density at radius 3 is 0.968 bits per heavy atom. The van der Waals surface area contributed by atoms with E-state index >= 15 is 0 Å². The summed E-state index contributed by atoms with van der Waals surface area (Å²) < 4.78 is 8.25. The third kappa shape index (κ3) is 91.1. The number of aliphatic hydroxyl groups excluding tert-OH is 2. The third-order valence-electron chi connectivity index (χ3n) is 3.94. The zero-order valence-electron chi connectivity index (χ0n) is 22.7. The molecule has 2 N–H and O–H groups in total. The van der Waals surface area contributed by atoms with Crippen LogP contribution in [0.3, 0.4) is 0 Å². The van der Waals surface area contributed by atoms with Crippen molar-refractivity contribution in [1.82, 2.24) is 0 Å². The van der Waals surface area contributed by atoms with Gasteiger partial charge in [0.25, 0.3) is 0 Å². The molecule has 0 aliphatic rings. The molecule has 0 fully saturated rings. The van der Waals surface area contributed by atoms with Gasteiger partial charge in [0.2, 0.25) is 0 Å². The molecule has 0 aromatic carbocycles. The van der Waals surface area contributed by atoms with E-state index in [4.69, 9.17) is 13.5 Å². The minimum atomic E-state index is -0.167. The van der Waals surface area contributed by atoms with E-state index in [1.54, 1.807) is 13.8 Å². The van der Waals surface area contributed by atoms with Gasteiger partial charge in [-0.3, -0.25) is 0 Å². The Morgan fingerprint density at radius 1 is 0.581 bits per heavy atom. The van der Waals surface area contributed by atoms with Crippen molar-refractivity contribution in [1.29, 1.82) is 0 Å². The standard InChI is InChI=1S/C18H38O.C3H8O.2C3H7.O.Ti/c1-18(2)16-14-12-10-8-6-4-3-5-7-9-11-13-15-17-19;1-3(2)4;2*1-3-2;;/h18-19H,3-17H2,1-2H3;3-4H,1-2H3;2*3H,1-2H3;;/q;;2*-1;;+2. The monoisotopic (exact) mass is 480 g/mol. The topological polar surface area (TPSA) is 57.5 Å². The zero-order valence-corrected chi connectivity index (χ0v) is 24.3. The number of rotatable bonds is 15. The molecule has 0 heterocycles. The molecule has 0 saturated heterocycles. The van der Waals surface area contributed by atoms with Crippen molar-refractivity contribution in [3.63, 3.8) is 0 Å². The first kappa shape index (κ1) is 41.7. The molecule has 190 valence electrons. The van der Waals surface area contributed by atoms with Gasteiger partial charge in [-0.2, -0.15) is 27.7 Å². The van der Waals surface area contributed by atoms with Crippen LogP contribution in [0.4, 0.5) is 0 Å². The van der Waals surface area contributed by atoms with E-state index in [1.807, 2.05) is 40.5 Å². The van der Waals surface area contributed by atoms with Gasteiger partial charge in [0.05, 0.1) is 0 Å². The molecule has 3 nitrogen and oxygen atoms in total. The first-order valence-corrected chi connectivity index (χ1v) is 13.4. The predicted octanol–water partition coefficient (Wildman–Crippen LogP) is 8.82. The van der Waals surface area contributed by atoms with E-state index in [0.29, 0.717) is 6.61 Å². The summed E-state index contributed by atoms with van der Waals surface area (Å²) in [4.78, 5) is 0. The molecular weight excluding hydrogens is 420 g/mol. The van der Waals surface area contributed by atoms with Crippen molar-refractivity contribution in [3.8, 4) is 0 Å². The van der Waals surface area contributed by atoms with Crippen molar-refractivity contribution in [3.05, 3.63) is 12.8 Å². The summed E-state index contributed by atoms with van der Waals surface area (Å²) in [6.45, 7) is 16.5. The van der Waals surface area contributed by atoms with Gasteiger partial charge in [0, 0.05) is 12.7 Å². The normalized spacial score (nSPS) is 9.48. The zero-order chi connectivity index (χ0) is 25.2. The summed E-state index contributed by atoms with van der Waals surface area (Å²) in [6, 6.07) is 0. The molecule has 0 aromatic rings. The van der Waals surface area contributed by atoms with Gasteiger partial charge in [-0.1, -0.05) is 97.3 Å². The second-order valence-corrected chi connectivity index (χ2v) is 8.75. The number of aliphatic hydroxyl groups is 2. The van der Waals surface area contributed by atoms with Gasteiger partial charge < -0.3 is 23.1 Å². The summed E-state index contributed by atoms with van der Waals surface area (Å²) in [5.74, 6) is 0.886. The Kier molecular flexibility index (Phi) is 64.5. The first-order valence-electron chi connectivity index (χ1n) is 12.8. The molecule has 0 rings (SSSR count). The van der Waals surface area contributed by atoms with Crippen LogP contribution in [0, 0.1) is 18.8 Å². The first-order chi connectivity index (χ1) is 14.8. The Bertz CT molecular complexity index is 232. The Morgan fingerprint density at radius 2 is 0.774 bits per heavy atom. The van der Waals surface area contributed by atoms with Crippen molar-refractivity contribution in [2.45, 2.75) is 151 Å². The molecule has 0 spiro atoms. The quantitative estimate of drug-likeness (QED) is 0.140. The maximum absolute atomic E-state index is 8.67. The molecular formula is C27H60O3Ti. The number of hydrogen-bond donors (Lipinski definition) is 2. The van der Waals surface area contributed by atoms with Crippen LogP contribution in [0.2, 0.25) is 0 Å².